The number of hydrogen-bond donors (Lipinski definition) is 1. The number of benzene rings is 1. The third-order valence-electron chi connectivity index (χ3n) is 5.15. The van der Waals surface area contributed by atoms with E-state index in [2.05, 4.69) is 9.97 Å². The number of ether oxygens (including phenoxy) is 2. The van der Waals surface area contributed by atoms with Gasteiger partial charge in [0.2, 0.25) is 10.0 Å². The zero-order valence-electron chi connectivity index (χ0n) is 14.6. The SMILES string of the molecule is O=S(=O)(c1c[nH]c2ncccc12)N1CCCC1c1ccc2c(c1)OCCO2. The van der Waals surface area contributed by atoms with Crippen LogP contribution in [0.4, 0.5) is 0 Å². The van der Waals surface area contributed by atoms with E-state index in [4.69, 9.17) is 9.47 Å². The molecule has 8 heteroatoms. The summed E-state index contributed by atoms with van der Waals surface area (Å²) in [6.45, 7) is 1.53. The van der Waals surface area contributed by atoms with Crippen molar-refractivity contribution in [1.82, 2.24) is 14.3 Å². The number of H-pyrrole nitrogens is 1. The molecular weight excluding hydrogens is 366 g/mol. The van der Waals surface area contributed by atoms with Gasteiger partial charge in [-0.25, -0.2) is 13.4 Å². The molecule has 1 aromatic carbocycles. The lowest BCUT2D eigenvalue weighted by Crippen LogP contribution is -2.30. The average molecular weight is 385 g/mol. The van der Waals surface area contributed by atoms with Gasteiger partial charge in [0.25, 0.3) is 0 Å². The van der Waals surface area contributed by atoms with E-state index in [1.165, 1.54) is 6.20 Å². The van der Waals surface area contributed by atoms with Crippen LogP contribution < -0.4 is 9.47 Å². The van der Waals surface area contributed by atoms with Crippen LogP contribution in [0.3, 0.4) is 0 Å². The molecule has 0 aliphatic carbocycles. The molecule has 0 saturated carbocycles. The molecule has 27 heavy (non-hydrogen) atoms. The van der Waals surface area contributed by atoms with Gasteiger partial charge in [0.05, 0.1) is 6.04 Å². The van der Waals surface area contributed by atoms with Gasteiger partial charge in [0.1, 0.15) is 23.8 Å². The first-order valence-electron chi connectivity index (χ1n) is 8.98. The third kappa shape index (κ3) is 2.67. The summed E-state index contributed by atoms with van der Waals surface area (Å²) in [6.07, 6.45) is 4.77. The van der Waals surface area contributed by atoms with E-state index >= 15 is 0 Å². The van der Waals surface area contributed by atoms with Crippen molar-refractivity contribution in [3.8, 4) is 11.5 Å². The highest BCUT2D eigenvalue weighted by Gasteiger charge is 2.38. The Morgan fingerprint density at radius 2 is 2.00 bits per heavy atom. The van der Waals surface area contributed by atoms with Crippen molar-refractivity contribution < 1.29 is 17.9 Å². The molecule has 7 nitrogen and oxygen atoms in total. The molecule has 1 unspecified atom stereocenters. The Labute approximate surface area is 157 Å². The van der Waals surface area contributed by atoms with Gasteiger partial charge >= 0.3 is 0 Å². The summed E-state index contributed by atoms with van der Waals surface area (Å²) in [7, 11) is -3.65. The number of pyridine rings is 1. The van der Waals surface area contributed by atoms with Crippen molar-refractivity contribution in [1.29, 1.82) is 0 Å². The summed E-state index contributed by atoms with van der Waals surface area (Å²) >= 11 is 0. The second-order valence-electron chi connectivity index (χ2n) is 6.73. The molecule has 2 aliphatic heterocycles. The summed E-state index contributed by atoms with van der Waals surface area (Å²) in [6, 6.07) is 9.01. The molecule has 1 N–H and O–H groups in total. The summed E-state index contributed by atoms with van der Waals surface area (Å²) in [5.74, 6) is 1.39. The molecule has 0 radical (unpaired) electrons. The lowest BCUT2D eigenvalue weighted by atomic mass is 10.0. The second kappa shape index (κ2) is 6.24. The Morgan fingerprint density at radius 1 is 1.15 bits per heavy atom. The first kappa shape index (κ1) is 16.6. The minimum atomic E-state index is -3.65. The van der Waals surface area contributed by atoms with Crippen LogP contribution >= 0.6 is 0 Å². The minimum absolute atomic E-state index is 0.215. The fourth-order valence-corrected chi connectivity index (χ4v) is 5.73. The van der Waals surface area contributed by atoms with Crippen molar-refractivity contribution in [2.75, 3.05) is 19.8 Å². The number of rotatable bonds is 3. The van der Waals surface area contributed by atoms with Gasteiger partial charge in [0, 0.05) is 24.3 Å². The molecule has 140 valence electrons. The van der Waals surface area contributed by atoms with Crippen LogP contribution in [0.1, 0.15) is 24.4 Å². The molecule has 1 fully saturated rings. The lowest BCUT2D eigenvalue weighted by molar-refractivity contribution is 0.171. The van der Waals surface area contributed by atoms with Crippen LogP contribution in [0.25, 0.3) is 11.0 Å². The van der Waals surface area contributed by atoms with Gasteiger partial charge < -0.3 is 14.5 Å². The van der Waals surface area contributed by atoms with Crippen LogP contribution in [0.2, 0.25) is 0 Å². The number of hydrogen-bond acceptors (Lipinski definition) is 5. The first-order chi connectivity index (χ1) is 13.1. The molecular formula is C19H19N3O4S. The predicted molar refractivity (Wildman–Crippen MR) is 99.4 cm³/mol. The van der Waals surface area contributed by atoms with Gasteiger partial charge in [-0.2, -0.15) is 4.31 Å². The molecule has 5 rings (SSSR count). The highest BCUT2D eigenvalue weighted by molar-refractivity contribution is 7.89. The van der Waals surface area contributed by atoms with Crippen molar-refractivity contribution >= 4 is 21.1 Å². The Hall–Kier alpha value is -2.58. The van der Waals surface area contributed by atoms with E-state index in [1.807, 2.05) is 18.2 Å². The van der Waals surface area contributed by atoms with E-state index in [0.29, 0.717) is 42.3 Å². The molecule has 1 saturated heterocycles. The summed E-state index contributed by atoms with van der Waals surface area (Å²) in [5.41, 5.74) is 1.50. The zero-order chi connectivity index (χ0) is 18.4. The normalized spacial score (nSPS) is 20.2. The first-order valence-corrected chi connectivity index (χ1v) is 10.4. The van der Waals surface area contributed by atoms with Crippen LogP contribution in [0.15, 0.2) is 47.6 Å². The molecule has 2 aliphatic rings. The molecule has 0 spiro atoms. The van der Waals surface area contributed by atoms with Crippen LogP contribution in [0.5, 0.6) is 11.5 Å². The number of nitrogens with one attached hydrogen (secondary N) is 1. The molecule has 0 bridgehead atoms. The standard InChI is InChI=1S/C19H19N3O4S/c23-27(24,18-12-21-19-14(18)3-1-7-20-19)22-8-2-4-15(22)13-5-6-16-17(11-13)26-10-9-25-16/h1,3,5-7,11-12,15H,2,4,8-10H2,(H,20,21). The van der Waals surface area contributed by atoms with Gasteiger partial charge in [-0.15, -0.1) is 0 Å². The average Bonchev–Trinajstić information content (AvgIpc) is 3.35. The fourth-order valence-electron chi connectivity index (χ4n) is 3.90. The second-order valence-corrected chi connectivity index (χ2v) is 8.59. The largest absolute Gasteiger partial charge is 0.486 e. The Morgan fingerprint density at radius 3 is 2.89 bits per heavy atom. The summed E-state index contributed by atoms with van der Waals surface area (Å²) in [5, 5.41) is 0.616. The maximum atomic E-state index is 13.4. The van der Waals surface area contributed by atoms with Gasteiger partial charge in [-0.05, 0) is 42.7 Å². The van der Waals surface area contributed by atoms with Crippen molar-refractivity contribution in [2.24, 2.45) is 0 Å². The Balaban J connectivity index is 1.54. The molecule has 1 atom stereocenters. The topological polar surface area (TPSA) is 84.5 Å². The van der Waals surface area contributed by atoms with Crippen molar-refractivity contribution in [2.45, 2.75) is 23.8 Å². The molecule has 2 aromatic heterocycles. The fraction of sp³-hybridized carbons (Fsp3) is 0.316. The van der Waals surface area contributed by atoms with Gasteiger partial charge in [-0.3, -0.25) is 0 Å². The van der Waals surface area contributed by atoms with E-state index in [9.17, 15) is 8.42 Å². The van der Waals surface area contributed by atoms with E-state index in [1.54, 1.807) is 22.6 Å². The zero-order valence-corrected chi connectivity index (χ0v) is 15.4. The molecule has 0 amide bonds. The Kier molecular flexibility index (Phi) is 3.84. The maximum Gasteiger partial charge on any atom is 0.245 e. The molecule has 3 aromatic rings. The van der Waals surface area contributed by atoms with Crippen molar-refractivity contribution in [3.05, 3.63) is 48.3 Å². The summed E-state index contributed by atoms with van der Waals surface area (Å²) < 4.78 is 39.6. The van der Waals surface area contributed by atoms with Crippen molar-refractivity contribution in [3.63, 3.8) is 0 Å². The quantitative estimate of drug-likeness (QED) is 0.749. The smallest absolute Gasteiger partial charge is 0.245 e. The van der Waals surface area contributed by atoms with E-state index in [0.717, 1.165) is 18.4 Å². The number of sulfonamides is 1. The minimum Gasteiger partial charge on any atom is -0.486 e. The van der Waals surface area contributed by atoms with E-state index in [-0.39, 0.29) is 10.9 Å². The number of aromatic amines is 1. The lowest BCUT2D eigenvalue weighted by Gasteiger charge is -2.26. The monoisotopic (exact) mass is 385 g/mol. The maximum absolute atomic E-state index is 13.4. The molecule has 4 heterocycles. The summed E-state index contributed by atoms with van der Waals surface area (Å²) in [4.78, 5) is 7.43. The number of fused-ring (bicyclic) bond motifs is 2. The third-order valence-corrected chi connectivity index (χ3v) is 7.10. The highest BCUT2D eigenvalue weighted by Crippen LogP contribution is 2.41. The van der Waals surface area contributed by atoms with Crippen LogP contribution in [0, 0.1) is 0 Å². The van der Waals surface area contributed by atoms with Crippen LogP contribution in [-0.4, -0.2) is 42.4 Å². The number of aromatic nitrogens is 2. The highest BCUT2D eigenvalue weighted by atomic mass is 32.2. The Bertz CT molecular complexity index is 1110. The number of nitrogens with zero attached hydrogens (tertiary/aromatic N) is 2. The van der Waals surface area contributed by atoms with Gasteiger partial charge in [-0.1, -0.05) is 6.07 Å². The van der Waals surface area contributed by atoms with Crippen LogP contribution in [-0.2, 0) is 10.0 Å². The predicted octanol–water partition coefficient (Wildman–Crippen LogP) is 2.86. The van der Waals surface area contributed by atoms with E-state index < -0.39 is 10.0 Å². The van der Waals surface area contributed by atoms with Gasteiger partial charge in [0.15, 0.2) is 11.5 Å².